The summed E-state index contributed by atoms with van der Waals surface area (Å²) in [6.45, 7) is 0. The Labute approximate surface area is 76.7 Å². The van der Waals surface area contributed by atoms with Gasteiger partial charge in [-0.05, 0) is 15.9 Å². The fourth-order valence-electron chi connectivity index (χ4n) is 0.711. The Morgan fingerprint density at radius 2 is 2.33 bits per heavy atom. The number of carbonyl (C=O) groups is 1. The summed E-state index contributed by atoms with van der Waals surface area (Å²) in [6.07, 6.45) is 1.39. The summed E-state index contributed by atoms with van der Waals surface area (Å²) in [6, 6.07) is 1.32. The van der Waals surface area contributed by atoms with Gasteiger partial charge in [0.1, 0.15) is 5.69 Å². The van der Waals surface area contributed by atoms with E-state index in [4.69, 9.17) is 0 Å². The normalized spacial score (nSPS) is 9.50. The molecular formula is C7H6BrNO3. The molecule has 5 heteroatoms. The van der Waals surface area contributed by atoms with Crippen LogP contribution in [-0.2, 0) is 4.74 Å². The Morgan fingerprint density at radius 1 is 1.67 bits per heavy atom. The van der Waals surface area contributed by atoms with E-state index in [1.807, 2.05) is 0 Å². The van der Waals surface area contributed by atoms with Crippen LogP contribution in [0.5, 0.6) is 0 Å². The number of hydrogen-bond donors (Lipinski definition) is 1. The first kappa shape index (κ1) is 8.99. The van der Waals surface area contributed by atoms with Crippen LogP contribution in [0.4, 0.5) is 0 Å². The van der Waals surface area contributed by atoms with E-state index in [9.17, 15) is 9.59 Å². The molecule has 1 aromatic rings. The number of carbonyl (C=O) groups excluding carboxylic acids is 1. The van der Waals surface area contributed by atoms with Gasteiger partial charge in [0.15, 0.2) is 5.43 Å². The Balaban J connectivity index is 3.26. The molecule has 0 aliphatic heterocycles. The van der Waals surface area contributed by atoms with Gasteiger partial charge in [-0.3, -0.25) is 4.79 Å². The number of aromatic nitrogens is 1. The van der Waals surface area contributed by atoms with E-state index in [1.54, 1.807) is 0 Å². The lowest BCUT2D eigenvalue weighted by Gasteiger charge is -1.99. The molecule has 0 radical (unpaired) electrons. The highest BCUT2D eigenvalue weighted by Gasteiger charge is 2.11. The van der Waals surface area contributed by atoms with E-state index in [1.165, 1.54) is 19.4 Å². The SMILES string of the molecule is COC(=O)c1[nH]ccc(=O)c1Br. The van der Waals surface area contributed by atoms with Gasteiger partial charge in [-0.25, -0.2) is 4.79 Å². The molecule has 0 saturated heterocycles. The third-order valence-electron chi connectivity index (χ3n) is 1.29. The summed E-state index contributed by atoms with van der Waals surface area (Å²) in [5.41, 5.74) is -0.126. The molecule has 0 spiro atoms. The highest BCUT2D eigenvalue weighted by Crippen LogP contribution is 2.08. The van der Waals surface area contributed by atoms with Crippen molar-refractivity contribution in [2.24, 2.45) is 0 Å². The number of aromatic amines is 1. The van der Waals surface area contributed by atoms with Gasteiger partial charge in [0.2, 0.25) is 0 Å². The zero-order valence-electron chi connectivity index (χ0n) is 6.26. The minimum Gasteiger partial charge on any atom is -0.464 e. The largest absolute Gasteiger partial charge is 0.464 e. The van der Waals surface area contributed by atoms with Crippen LogP contribution in [0.15, 0.2) is 21.5 Å². The predicted octanol–water partition coefficient (Wildman–Crippen LogP) is 0.924. The molecule has 1 aromatic heterocycles. The van der Waals surface area contributed by atoms with Gasteiger partial charge >= 0.3 is 5.97 Å². The van der Waals surface area contributed by atoms with E-state index in [0.29, 0.717) is 0 Å². The molecule has 1 heterocycles. The summed E-state index contributed by atoms with van der Waals surface area (Å²) >= 11 is 2.98. The maximum absolute atomic E-state index is 11.0. The smallest absolute Gasteiger partial charge is 0.355 e. The fraction of sp³-hybridized carbons (Fsp3) is 0.143. The van der Waals surface area contributed by atoms with E-state index >= 15 is 0 Å². The van der Waals surface area contributed by atoms with Crippen molar-refractivity contribution >= 4 is 21.9 Å². The second kappa shape index (κ2) is 3.53. The van der Waals surface area contributed by atoms with Crippen molar-refractivity contribution in [3.05, 3.63) is 32.7 Å². The van der Waals surface area contributed by atoms with Crippen LogP contribution in [0, 0.1) is 0 Å². The second-order valence-corrected chi connectivity index (χ2v) is 2.82. The molecule has 64 valence electrons. The number of ether oxygens (including phenoxy) is 1. The first-order valence-electron chi connectivity index (χ1n) is 3.12. The van der Waals surface area contributed by atoms with Crippen molar-refractivity contribution in [3.8, 4) is 0 Å². The second-order valence-electron chi connectivity index (χ2n) is 2.02. The van der Waals surface area contributed by atoms with E-state index < -0.39 is 5.97 Å². The zero-order chi connectivity index (χ0) is 9.14. The molecule has 4 nitrogen and oxygen atoms in total. The van der Waals surface area contributed by atoms with E-state index in [0.717, 1.165) is 0 Å². The quantitative estimate of drug-likeness (QED) is 0.732. The molecule has 0 unspecified atom stereocenters. The maximum Gasteiger partial charge on any atom is 0.355 e. The van der Waals surface area contributed by atoms with Gasteiger partial charge in [-0.1, -0.05) is 0 Å². The molecule has 0 saturated carbocycles. The molecular weight excluding hydrogens is 226 g/mol. The number of pyridine rings is 1. The summed E-state index contributed by atoms with van der Waals surface area (Å²) in [5, 5.41) is 0. The van der Waals surface area contributed by atoms with Gasteiger partial charge in [-0.15, -0.1) is 0 Å². The van der Waals surface area contributed by atoms with Crippen LogP contribution >= 0.6 is 15.9 Å². The number of H-pyrrole nitrogens is 1. The van der Waals surface area contributed by atoms with Crippen molar-refractivity contribution in [2.75, 3.05) is 7.11 Å². The first-order chi connectivity index (χ1) is 5.66. The Bertz CT molecular complexity index is 358. The average Bonchev–Trinajstić information content (AvgIpc) is 2.08. The van der Waals surface area contributed by atoms with Crippen molar-refractivity contribution in [1.82, 2.24) is 4.98 Å². The van der Waals surface area contributed by atoms with Crippen LogP contribution in [0.25, 0.3) is 0 Å². The predicted molar refractivity (Wildman–Crippen MR) is 46.1 cm³/mol. The summed E-state index contributed by atoms with van der Waals surface area (Å²) in [4.78, 5) is 24.6. The van der Waals surface area contributed by atoms with Crippen molar-refractivity contribution in [2.45, 2.75) is 0 Å². The summed E-state index contributed by atoms with van der Waals surface area (Å²) in [5.74, 6) is -0.570. The maximum atomic E-state index is 11.0. The van der Waals surface area contributed by atoms with Crippen LogP contribution in [0.1, 0.15) is 10.5 Å². The number of methoxy groups -OCH3 is 1. The molecule has 0 aliphatic rings. The lowest BCUT2D eigenvalue weighted by molar-refractivity contribution is 0.0592. The Kier molecular flexibility index (Phi) is 2.65. The molecule has 0 amide bonds. The highest BCUT2D eigenvalue weighted by atomic mass is 79.9. The highest BCUT2D eigenvalue weighted by molar-refractivity contribution is 9.10. The van der Waals surface area contributed by atoms with E-state index in [-0.39, 0.29) is 15.6 Å². The van der Waals surface area contributed by atoms with Gasteiger partial charge in [0.25, 0.3) is 0 Å². The number of esters is 1. The van der Waals surface area contributed by atoms with Gasteiger partial charge in [0, 0.05) is 12.3 Å². The molecule has 0 aromatic carbocycles. The molecule has 12 heavy (non-hydrogen) atoms. The minimum absolute atomic E-state index is 0.130. The van der Waals surface area contributed by atoms with E-state index in [2.05, 4.69) is 25.7 Å². The monoisotopic (exact) mass is 231 g/mol. The van der Waals surface area contributed by atoms with Gasteiger partial charge in [-0.2, -0.15) is 0 Å². The third kappa shape index (κ3) is 1.55. The zero-order valence-corrected chi connectivity index (χ0v) is 7.84. The molecule has 0 fully saturated rings. The summed E-state index contributed by atoms with van der Waals surface area (Å²) < 4.78 is 4.62. The standard InChI is InChI=1S/C7H6BrNO3/c1-12-7(11)6-5(8)4(10)2-3-9-6/h2-3H,1H3,(H,9,10). The average molecular weight is 232 g/mol. The number of nitrogens with one attached hydrogen (secondary N) is 1. The van der Waals surface area contributed by atoms with Crippen molar-refractivity contribution in [1.29, 1.82) is 0 Å². The number of hydrogen-bond acceptors (Lipinski definition) is 3. The van der Waals surface area contributed by atoms with Gasteiger partial charge < -0.3 is 9.72 Å². The van der Waals surface area contributed by atoms with Crippen LogP contribution < -0.4 is 5.43 Å². The molecule has 0 atom stereocenters. The summed E-state index contributed by atoms with van der Waals surface area (Å²) in [7, 11) is 1.25. The Hall–Kier alpha value is -1.10. The van der Waals surface area contributed by atoms with Crippen LogP contribution in [0.3, 0.4) is 0 Å². The van der Waals surface area contributed by atoms with Crippen molar-refractivity contribution in [3.63, 3.8) is 0 Å². The van der Waals surface area contributed by atoms with Crippen molar-refractivity contribution < 1.29 is 9.53 Å². The molecule has 1 N–H and O–H groups in total. The minimum atomic E-state index is -0.570. The van der Waals surface area contributed by atoms with Gasteiger partial charge in [0.05, 0.1) is 11.6 Å². The first-order valence-corrected chi connectivity index (χ1v) is 3.91. The topological polar surface area (TPSA) is 59.2 Å². The lowest BCUT2D eigenvalue weighted by atomic mass is 10.3. The third-order valence-corrected chi connectivity index (χ3v) is 2.08. The number of rotatable bonds is 1. The lowest BCUT2D eigenvalue weighted by Crippen LogP contribution is -2.12. The van der Waals surface area contributed by atoms with Crippen LogP contribution in [0.2, 0.25) is 0 Å². The molecule has 0 bridgehead atoms. The Morgan fingerprint density at radius 3 is 2.92 bits per heavy atom. The van der Waals surface area contributed by atoms with Crippen LogP contribution in [-0.4, -0.2) is 18.1 Å². The molecule has 1 rings (SSSR count). The fourth-order valence-corrected chi connectivity index (χ4v) is 1.12. The number of halogens is 1. The molecule has 0 aliphatic carbocycles.